The van der Waals surface area contributed by atoms with Crippen LogP contribution >= 0.6 is 0 Å². The lowest BCUT2D eigenvalue weighted by atomic mass is 10.1. The molecule has 0 amide bonds. The van der Waals surface area contributed by atoms with Gasteiger partial charge in [0.25, 0.3) is 0 Å². The molecule has 0 radical (unpaired) electrons. The lowest BCUT2D eigenvalue weighted by Gasteiger charge is -2.10. The van der Waals surface area contributed by atoms with Crippen molar-refractivity contribution in [1.82, 2.24) is 15.1 Å². The number of hydrogen-bond donors (Lipinski definition) is 1. The standard InChI is InChI=1S/C18H25N3/c1-4-16(14-19-13-15(2)3)12-17-6-8-18(9-7-17)21-11-5-10-20-21/h5-12,15,19H,4,13-14H2,1-3H3. The van der Waals surface area contributed by atoms with Gasteiger partial charge < -0.3 is 5.32 Å². The van der Waals surface area contributed by atoms with Crippen molar-refractivity contribution in [2.75, 3.05) is 13.1 Å². The van der Waals surface area contributed by atoms with Crippen LogP contribution in [-0.4, -0.2) is 22.9 Å². The zero-order chi connectivity index (χ0) is 15.1. The first kappa shape index (κ1) is 15.5. The third kappa shape index (κ3) is 4.87. The summed E-state index contributed by atoms with van der Waals surface area (Å²) in [7, 11) is 0. The minimum Gasteiger partial charge on any atom is -0.313 e. The molecular weight excluding hydrogens is 258 g/mol. The molecule has 0 saturated heterocycles. The summed E-state index contributed by atoms with van der Waals surface area (Å²) < 4.78 is 1.87. The molecule has 3 heteroatoms. The van der Waals surface area contributed by atoms with Gasteiger partial charge in [0.2, 0.25) is 0 Å². The van der Waals surface area contributed by atoms with Crippen LogP contribution in [0, 0.1) is 5.92 Å². The minimum atomic E-state index is 0.691. The van der Waals surface area contributed by atoms with Crippen LogP contribution in [0.2, 0.25) is 0 Å². The van der Waals surface area contributed by atoms with Gasteiger partial charge in [0.05, 0.1) is 5.69 Å². The summed E-state index contributed by atoms with van der Waals surface area (Å²) in [5.41, 5.74) is 3.77. The van der Waals surface area contributed by atoms with Gasteiger partial charge in [-0.2, -0.15) is 5.10 Å². The molecule has 0 unspecified atom stereocenters. The molecule has 1 heterocycles. The number of aromatic nitrogens is 2. The van der Waals surface area contributed by atoms with Crippen LogP contribution in [-0.2, 0) is 0 Å². The topological polar surface area (TPSA) is 29.9 Å². The van der Waals surface area contributed by atoms with E-state index in [0.29, 0.717) is 5.92 Å². The fourth-order valence-corrected chi connectivity index (χ4v) is 2.18. The molecule has 1 aromatic heterocycles. The molecule has 3 nitrogen and oxygen atoms in total. The molecule has 1 aromatic carbocycles. The molecule has 0 aliphatic heterocycles. The van der Waals surface area contributed by atoms with Crippen molar-refractivity contribution >= 4 is 6.08 Å². The second-order valence-corrected chi connectivity index (χ2v) is 5.72. The number of hydrogen-bond acceptors (Lipinski definition) is 2. The van der Waals surface area contributed by atoms with Crippen molar-refractivity contribution in [1.29, 1.82) is 0 Å². The molecule has 0 bridgehead atoms. The third-order valence-electron chi connectivity index (χ3n) is 3.39. The predicted molar refractivity (Wildman–Crippen MR) is 89.5 cm³/mol. The Balaban J connectivity index is 2.01. The molecule has 21 heavy (non-hydrogen) atoms. The number of rotatable bonds is 7. The quantitative estimate of drug-likeness (QED) is 0.835. The Bertz CT molecular complexity index is 551. The van der Waals surface area contributed by atoms with E-state index < -0.39 is 0 Å². The summed E-state index contributed by atoms with van der Waals surface area (Å²) in [5.74, 6) is 0.691. The van der Waals surface area contributed by atoms with Crippen LogP contribution in [0.5, 0.6) is 0 Å². The van der Waals surface area contributed by atoms with Crippen LogP contribution in [0.25, 0.3) is 11.8 Å². The van der Waals surface area contributed by atoms with Crippen LogP contribution in [0.4, 0.5) is 0 Å². The Labute approximate surface area is 127 Å². The van der Waals surface area contributed by atoms with Gasteiger partial charge in [-0.15, -0.1) is 0 Å². The molecule has 2 rings (SSSR count). The summed E-state index contributed by atoms with van der Waals surface area (Å²) in [6, 6.07) is 10.4. The van der Waals surface area contributed by atoms with Crippen molar-refractivity contribution in [2.45, 2.75) is 27.2 Å². The highest BCUT2D eigenvalue weighted by Gasteiger charge is 1.99. The zero-order valence-corrected chi connectivity index (χ0v) is 13.2. The first-order chi connectivity index (χ1) is 10.2. The lowest BCUT2D eigenvalue weighted by molar-refractivity contribution is 0.569. The summed E-state index contributed by atoms with van der Waals surface area (Å²) in [6.07, 6.45) is 7.10. The van der Waals surface area contributed by atoms with Gasteiger partial charge in [0.15, 0.2) is 0 Å². The van der Waals surface area contributed by atoms with E-state index >= 15 is 0 Å². The number of benzene rings is 1. The minimum absolute atomic E-state index is 0.691. The first-order valence-electron chi connectivity index (χ1n) is 7.69. The molecule has 0 aliphatic carbocycles. The van der Waals surface area contributed by atoms with Crippen LogP contribution < -0.4 is 5.32 Å². The lowest BCUT2D eigenvalue weighted by Crippen LogP contribution is -2.21. The Morgan fingerprint density at radius 2 is 2.05 bits per heavy atom. The van der Waals surface area contributed by atoms with Gasteiger partial charge in [0, 0.05) is 18.9 Å². The summed E-state index contributed by atoms with van der Waals surface area (Å²) >= 11 is 0. The van der Waals surface area contributed by atoms with E-state index in [0.717, 1.165) is 25.2 Å². The van der Waals surface area contributed by atoms with Crippen molar-refractivity contribution in [2.24, 2.45) is 5.92 Å². The van der Waals surface area contributed by atoms with E-state index in [1.807, 2.05) is 16.9 Å². The number of nitrogens with one attached hydrogen (secondary N) is 1. The fraction of sp³-hybridized carbons (Fsp3) is 0.389. The highest BCUT2D eigenvalue weighted by atomic mass is 15.3. The van der Waals surface area contributed by atoms with Gasteiger partial charge in [-0.3, -0.25) is 0 Å². The Hall–Kier alpha value is -1.87. The van der Waals surface area contributed by atoms with Crippen molar-refractivity contribution in [3.63, 3.8) is 0 Å². The van der Waals surface area contributed by atoms with Crippen LogP contribution in [0.15, 0.2) is 48.3 Å². The molecule has 0 fully saturated rings. The average Bonchev–Trinajstić information content (AvgIpc) is 3.01. The molecule has 0 spiro atoms. The van der Waals surface area contributed by atoms with E-state index in [9.17, 15) is 0 Å². The first-order valence-corrected chi connectivity index (χ1v) is 7.69. The normalized spacial score (nSPS) is 12.1. The van der Waals surface area contributed by atoms with Gasteiger partial charge in [-0.25, -0.2) is 4.68 Å². The van der Waals surface area contributed by atoms with E-state index in [4.69, 9.17) is 0 Å². The van der Waals surface area contributed by atoms with Gasteiger partial charge in [0.1, 0.15) is 0 Å². The monoisotopic (exact) mass is 283 g/mol. The maximum absolute atomic E-state index is 4.24. The summed E-state index contributed by atoms with van der Waals surface area (Å²) in [4.78, 5) is 0. The van der Waals surface area contributed by atoms with E-state index in [-0.39, 0.29) is 0 Å². The van der Waals surface area contributed by atoms with Gasteiger partial charge in [-0.05, 0) is 42.6 Å². The Morgan fingerprint density at radius 3 is 2.62 bits per heavy atom. The highest BCUT2D eigenvalue weighted by molar-refractivity contribution is 5.55. The summed E-state index contributed by atoms with van der Waals surface area (Å²) in [5, 5.41) is 7.75. The highest BCUT2D eigenvalue weighted by Crippen LogP contribution is 2.13. The van der Waals surface area contributed by atoms with Crippen molar-refractivity contribution in [3.05, 3.63) is 53.9 Å². The van der Waals surface area contributed by atoms with Crippen molar-refractivity contribution in [3.8, 4) is 5.69 Å². The average molecular weight is 283 g/mol. The molecular formula is C18H25N3. The predicted octanol–water partition coefficient (Wildman–Crippen LogP) is 3.91. The molecule has 0 saturated carbocycles. The second kappa shape index (κ2) is 7.79. The fourth-order valence-electron chi connectivity index (χ4n) is 2.18. The van der Waals surface area contributed by atoms with Crippen molar-refractivity contribution < 1.29 is 0 Å². The van der Waals surface area contributed by atoms with Gasteiger partial charge in [-0.1, -0.05) is 44.6 Å². The SMILES string of the molecule is CCC(=Cc1ccc(-n2cccn2)cc1)CNCC(C)C. The summed E-state index contributed by atoms with van der Waals surface area (Å²) in [6.45, 7) is 8.71. The maximum Gasteiger partial charge on any atom is 0.0645 e. The van der Waals surface area contributed by atoms with Crippen LogP contribution in [0.1, 0.15) is 32.8 Å². The van der Waals surface area contributed by atoms with E-state index in [1.165, 1.54) is 11.1 Å². The zero-order valence-electron chi connectivity index (χ0n) is 13.2. The second-order valence-electron chi connectivity index (χ2n) is 5.72. The van der Waals surface area contributed by atoms with E-state index in [2.05, 4.69) is 61.5 Å². The maximum atomic E-state index is 4.24. The Kier molecular flexibility index (Phi) is 5.76. The molecule has 1 N–H and O–H groups in total. The number of nitrogens with zero attached hydrogens (tertiary/aromatic N) is 2. The Morgan fingerprint density at radius 1 is 1.29 bits per heavy atom. The van der Waals surface area contributed by atoms with E-state index in [1.54, 1.807) is 6.20 Å². The third-order valence-corrected chi connectivity index (χ3v) is 3.39. The van der Waals surface area contributed by atoms with Crippen LogP contribution in [0.3, 0.4) is 0 Å². The molecule has 0 aliphatic rings. The largest absolute Gasteiger partial charge is 0.313 e. The van der Waals surface area contributed by atoms with Gasteiger partial charge >= 0.3 is 0 Å². The molecule has 112 valence electrons. The molecule has 2 aromatic rings. The smallest absolute Gasteiger partial charge is 0.0645 e. The molecule has 0 atom stereocenters.